The highest BCUT2D eigenvalue weighted by Gasteiger charge is 2.01. The largest absolute Gasteiger partial charge is 0.497 e. The van der Waals surface area contributed by atoms with Gasteiger partial charge in [-0.25, -0.2) is 10.3 Å². The number of benzene rings is 1. The van der Waals surface area contributed by atoms with Crippen LogP contribution in [0.2, 0.25) is 0 Å². The van der Waals surface area contributed by atoms with Gasteiger partial charge in [-0.3, -0.25) is 4.84 Å². The molecule has 0 heterocycles. The van der Waals surface area contributed by atoms with Crippen LogP contribution in [0.5, 0.6) is 5.75 Å². The Morgan fingerprint density at radius 2 is 1.88 bits per heavy atom. The average Bonchev–Trinajstić information content (AvgIpc) is 2.36. The Morgan fingerprint density at radius 1 is 1.18 bits per heavy atom. The maximum Gasteiger partial charge on any atom is 0.343 e. The van der Waals surface area contributed by atoms with Crippen LogP contribution in [0, 0.1) is 0 Å². The second-order valence-corrected chi connectivity index (χ2v) is 3.13. The number of rotatable bonds is 6. The van der Waals surface area contributed by atoms with Crippen LogP contribution in [0.25, 0.3) is 0 Å². The molecule has 6 heteroatoms. The van der Waals surface area contributed by atoms with E-state index in [1.165, 1.54) is 0 Å². The normalized spacial score (nSPS) is 9.76. The zero-order chi connectivity index (χ0) is 12.5. The summed E-state index contributed by atoms with van der Waals surface area (Å²) in [5, 5.41) is 2.60. The van der Waals surface area contributed by atoms with Gasteiger partial charge in [0.1, 0.15) is 5.75 Å². The summed E-state index contributed by atoms with van der Waals surface area (Å²) in [7, 11) is 3.14. The number of urea groups is 1. The molecule has 0 atom stereocenters. The maximum atomic E-state index is 11.3. The molecule has 94 valence electrons. The van der Waals surface area contributed by atoms with E-state index >= 15 is 0 Å². The summed E-state index contributed by atoms with van der Waals surface area (Å²) in [5.41, 5.74) is 2.88. The van der Waals surface area contributed by atoms with E-state index < -0.39 is 6.03 Å². The number of nitrogens with one attached hydrogen (secondary N) is 2. The number of hydrogen-bond donors (Lipinski definition) is 2. The van der Waals surface area contributed by atoms with Crippen LogP contribution in [-0.2, 0) is 9.57 Å². The minimum absolute atomic E-state index is 0.298. The van der Waals surface area contributed by atoms with Gasteiger partial charge in [-0.05, 0) is 24.3 Å². The van der Waals surface area contributed by atoms with E-state index in [9.17, 15) is 4.79 Å². The molecule has 17 heavy (non-hydrogen) atoms. The third kappa shape index (κ3) is 5.19. The second kappa shape index (κ2) is 7.48. The highest BCUT2D eigenvalue weighted by Crippen LogP contribution is 2.14. The van der Waals surface area contributed by atoms with Crippen molar-refractivity contribution in [3.8, 4) is 5.75 Å². The number of hydrogen-bond acceptors (Lipinski definition) is 4. The second-order valence-electron chi connectivity index (χ2n) is 3.13. The monoisotopic (exact) mass is 240 g/mol. The Bertz CT molecular complexity index is 340. The predicted molar refractivity (Wildman–Crippen MR) is 63.0 cm³/mol. The molecule has 0 aliphatic heterocycles. The average molecular weight is 240 g/mol. The molecule has 0 aromatic heterocycles. The quantitative estimate of drug-likeness (QED) is 0.582. The predicted octanol–water partition coefficient (Wildman–Crippen LogP) is 1.39. The Balaban J connectivity index is 2.29. The van der Waals surface area contributed by atoms with Crippen molar-refractivity contribution in [2.75, 3.05) is 32.8 Å². The molecule has 0 aliphatic carbocycles. The summed E-state index contributed by atoms with van der Waals surface area (Å²) in [6.07, 6.45) is 0. The zero-order valence-electron chi connectivity index (χ0n) is 9.86. The van der Waals surface area contributed by atoms with Crippen LogP contribution in [-0.4, -0.2) is 33.5 Å². The molecule has 1 aromatic rings. The van der Waals surface area contributed by atoms with Crippen molar-refractivity contribution in [3.05, 3.63) is 24.3 Å². The molecule has 0 spiro atoms. The number of carbonyl (C=O) groups is 1. The molecule has 2 N–H and O–H groups in total. The molecule has 0 radical (unpaired) electrons. The van der Waals surface area contributed by atoms with Crippen LogP contribution in [0.1, 0.15) is 0 Å². The lowest BCUT2D eigenvalue weighted by atomic mass is 10.3. The van der Waals surface area contributed by atoms with Gasteiger partial charge in [-0.2, -0.15) is 0 Å². The first-order valence-electron chi connectivity index (χ1n) is 5.08. The third-order valence-electron chi connectivity index (χ3n) is 1.90. The van der Waals surface area contributed by atoms with Gasteiger partial charge in [0, 0.05) is 12.8 Å². The van der Waals surface area contributed by atoms with Gasteiger partial charge in [-0.1, -0.05) is 0 Å². The summed E-state index contributed by atoms with van der Waals surface area (Å²) < 4.78 is 9.76. The van der Waals surface area contributed by atoms with Crippen LogP contribution in [0.3, 0.4) is 0 Å². The Labute approximate surface area is 99.8 Å². The van der Waals surface area contributed by atoms with Crippen molar-refractivity contribution in [1.82, 2.24) is 5.48 Å². The minimum Gasteiger partial charge on any atom is -0.497 e. The molecule has 6 nitrogen and oxygen atoms in total. The van der Waals surface area contributed by atoms with E-state index in [0.717, 1.165) is 5.75 Å². The number of anilines is 1. The first-order chi connectivity index (χ1) is 8.26. The van der Waals surface area contributed by atoms with E-state index in [4.69, 9.17) is 14.3 Å². The first kappa shape index (κ1) is 13.3. The summed E-state index contributed by atoms with van der Waals surface area (Å²) in [5.74, 6) is 0.729. The topological polar surface area (TPSA) is 68.8 Å². The van der Waals surface area contributed by atoms with Crippen molar-refractivity contribution in [2.24, 2.45) is 0 Å². The van der Waals surface area contributed by atoms with E-state index in [1.807, 2.05) is 0 Å². The fourth-order valence-electron chi connectivity index (χ4n) is 1.07. The van der Waals surface area contributed by atoms with Crippen molar-refractivity contribution in [2.45, 2.75) is 0 Å². The van der Waals surface area contributed by atoms with Crippen LogP contribution < -0.4 is 15.5 Å². The van der Waals surface area contributed by atoms with Crippen LogP contribution >= 0.6 is 0 Å². The molecule has 1 rings (SSSR count). The molecule has 0 saturated heterocycles. The van der Waals surface area contributed by atoms with E-state index in [1.54, 1.807) is 38.5 Å². The Hall–Kier alpha value is -1.79. The Morgan fingerprint density at radius 3 is 2.47 bits per heavy atom. The molecular formula is C11H16N2O4. The molecule has 0 bridgehead atoms. The molecule has 0 saturated carbocycles. The molecule has 0 unspecified atom stereocenters. The fraction of sp³-hybridized carbons (Fsp3) is 0.364. The first-order valence-corrected chi connectivity index (χ1v) is 5.08. The summed E-state index contributed by atoms with van der Waals surface area (Å²) in [4.78, 5) is 16.2. The smallest absolute Gasteiger partial charge is 0.343 e. The van der Waals surface area contributed by atoms with Crippen LogP contribution in [0.15, 0.2) is 24.3 Å². The zero-order valence-corrected chi connectivity index (χ0v) is 9.86. The van der Waals surface area contributed by atoms with Gasteiger partial charge in [0.25, 0.3) is 0 Å². The highest BCUT2D eigenvalue weighted by atomic mass is 16.7. The number of ether oxygens (including phenoxy) is 2. The maximum absolute atomic E-state index is 11.3. The molecule has 0 aliphatic rings. The standard InChI is InChI=1S/C11H16N2O4/c1-15-7-8-17-13-11(14)12-9-3-5-10(16-2)6-4-9/h3-6H,7-8H2,1-2H3,(H2,12,13,14). The van der Waals surface area contributed by atoms with Crippen LogP contribution in [0.4, 0.5) is 10.5 Å². The number of carbonyl (C=O) groups excluding carboxylic acids is 1. The van der Waals surface area contributed by atoms with Gasteiger partial charge < -0.3 is 14.8 Å². The minimum atomic E-state index is -0.439. The van der Waals surface area contributed by atoms with E-state index in [-0.39, 0.29) is 0 Å². The lowest BCUT2D eigenvalue weighted by molar-refractivity contribution is 0.0272. The van der Waals surface area contributed by atoms with Crippen molar-refractivity contribution in [3.63, 3.8) is 0 Å². The molecule has 0 fully saturated rings. The van der Waals surface area contributed by atoms with E-state index in [0.29, 0.717) is 18.9 Å². The van der Waals surface area contributed by atoms with Gasteiger partial charge in [0.05, 0.1) is 20.3 Å². The fourth-order valence-corrected chi connectivity index (χ4v) is 1.07. The molecule has 1 aromatic carbocycles. The summed E-state index contributed by atoms with van der Waals surface area (Å²) >= 11 is 0. The molecule has 2 amide bonds. The van der Waals surface area contributed by atoms with Gasteiger partial charge in [-0.15, -0.1) is 0 Å². The van der Waals surface area contributed by atoms with Gasteiger partial charge in [0.2, 0.25) is 0 Å². The number of methoxy groups -OCH3 is 2. The Kier molecular flexibility index (Phi) is 5.84. The van der Waals surface area contributed by atoms with Crippen molar-refractivity contribution < 1.29 is 19.1 Å². The van der Waals surface area contributed by atoms with Crippen molar-refractivity contribution >= 4 is 11.7 Å². The lowest BCUT2D eigenvalue weighted by Gasteiger charge is -2.08. The highest BCUT2D eigenvalue weighted by molar-refractivity contribution is 5.88. The summed E-state index contributed by atoms with van der Waals surface area (Å²) in [6, 6.07) is 6.52. The SMILES string of the molecule is COCCONC(=O)Nc1ccc(OC)cc1. The van der Waals surface area contributed by atoms with Gasteiger partial charge >= 0.3 is 6.03 Å². The third-order valence-corrected chi connectivity index (χ3v) is 1.90. The summed E-state index contributed by atoms with van der Waals surface area (Å²) in [6.45, 7) is 0.718. The number of hydroxylamine groups is 1. The van der Waals surface area contributed by atoms with Gasteiger partial charge in [0.15, 0.2) is 0 Å². The number of amides is 2. The molecular weight excluding hydrogens is 224 g/mol. The van der Waals surface area contributed by atoms with E-state index in [2.05, 4.69) is 10.8 Å². The van der Waals surface area contributed by atoms with Crippen molar-refractivity contribution in [1.29, 1.82) is 0 Å². The lowest BCUT2D eigenvalue weighted by Crippen LogP contribution is -2.29.